The van der Waals surface area contributed by atoms with E-state index in [9.17, 15) is 9.59 Å². The fraction of sp³-hybridized carbons (Fsp3) is 0. The standard InChI is InChI=1S/C34H25Cl2N2O2P/c35-26-16-13-17-27(24-26)37-34(40)31(38-33(39)25-14-5-1-6-15-25)32(36)41(28-18-7-2-8-19-28,29-20-9-3-10-21-29)30-22-11-4-12-23-30/h1-24H,(H-,37,38,39,40)/p+1/b32-31+. The maximum absolute atomic E-state index is 14.1. The molecule has 41 heavy (non-hydrogen) atoms. The first-order chi connectivity index (χ1) is 20.0. The zero-order valence-electron chi connectivity index (χ0n) is 21.9. The van der Waals surface area contributed by atoms with Crippen molar-refractivity contribution in [3.05, 3.63) is 167 Å². The summed E-state index contributed by atoms with van der Waals surface area (Å²) >= 11 is 13.7. The molecule has 2 amide bonds. The molecule has 0 aliphatic carbocycles. The first-order valence-electron chi connectivity index (χ1n) is 12.9. The van der Waals surface area contributed by atoms with Crippen molar-refractivity contribution < 1.29 is 9.59 Å². The van der Waals surface area contributed by atoms with Crippen molar-refractivity contribution in [3.8, 4) is 0 Å². The molecule has 0 aliphatic rings. The minimum Gasteiger partial charge on any atom is -0.321 e. The molecule has 5 rings (SSSR count). The maximum Gasteiger partial charge on any atom is 0.277 e. The van der Waals surface area contributed by atoms with Crippen LogP contribution in [0.5, 0.6) is 0 Å². The Morgan fingerprint density at radius 3 is 1.51 bits per heavy atom. The average Bonchev–Trinajstić information content (AvgIpc) is 3.02. The van der Waals surface area contributed by atoms with Gasteiger partial charge in [0.25, 0.3) is 11.8 Å². The van der Waals surface area contributed by atoms with Gasteiger partial charge in [0.1, 0.15) is 15.9 Å². The van der Waals surface area contributed by atoms with Gasteiger partial charge in [-0.2, -0.15) is 0 Å². The van der Waals surface area contributed by atoms with Crippen LogP contribution in [0.1, 0.15) is 10.4 Å². The number of carbonyl (C=O) groups excluding carboxylic acids is 2. The summed E-state index contributed by atoms with van der Waals surface area (Å²) in [6.07, 6.45) is 0. The second kappa shape index (κ2) is 13.0. The fourth-order valence-corrected chi connectivity index (χ4v) is 9.77. The van der Waals surface area contributed by atoms with E-state index >= 15 is 0 Å². The topological polar surface area (TPSA) is 58.2 Å². The Morgan fingerprint density at radius 2 is 1.05 bits per heavy atom. The molecule has 0 atom stereocenters. The van der Waals surface area contributed by atoms with Crippen LogP contribution in [0.4, 0.5) is 5.69 Å². The van der Waals surface area contributed by atoms with E-state index in [1.807, 2.05) is 97.1 Å². The lowest BCUT2D eigenvalue weighted by atomic mass is 10.2. The van der Waals surface area contributed by atoms with Gasteiger partial charge in [0.2, 0.25) is 4.77 Å². The number of hydrogen-bond donors (Lipinski definition) is 2. The summed E-state index contributed by atoms with van der Waals surface area (Å²) in [5.41, 5.74) is 0.833. The lowest BCUT2D eigenvalue weighted by Gasteiger charge is -2.28. The molecule has 5 aromatic carbocycles. The molecule has 0 saturated heterocycles. The van der Waals surface area contributed by atoms with Gasteiger partial charge in [-0.25, -0.2) is 0 Å². The van der Waals surface area contributed by atoms with Crippen LogP contribution in [0, 0.1) is 0 Å². The lowest BCUT2D eigenvalue weighted by molar-refractivity contribution is -0.113. The Morgan fingerprint density at radius 1 is 0.585 bits per heavy atom. The number of halogens is 2. The van der Waals surface area contributed by atoms with E-state index in [0.717, 1.165) is 15.9 Å². The van der Waals surface area contributed by atoms with Crippen LogP contribution in [-0.2, 0) is 4.79 Å². The lowest BCUT2D eigenvalue weighted by Crippen LogP contribution is -2.37. The Kier molecular flexibility index (Phi) is 8.96. The smallest absolute Gasteiger partial charge is 0.277 e. The number of anilines is 1. The van der Waals surface area contributed by atoms with E-state index in [4.69, 9.17) is 23.2 Å². The fourth-order valence-electron chi connectivity index (χ4n) is 4.65. The molecule has 0 fully saturated rings. The molecule has 0 radical (unpaired) electrons. The van der Waals surface area contributed by atoms with Gasteiger partial charge in [0.05, 0.1) is 0 Å². The van der Waals surface area contributed by atoms with Crippen LogP contribution in [-0.4, -0.2) is 11.8 Å². The van der Waals surface area contributed by atoms with E-state index in [2.05, 4.69) is 10.6 Å². The van der Waals surface area contributed by atoms with Gasteiger partial charge in [0.15, 0.2) is 13.0 Å². The van der Waals surface area contributed by atoms with Crippen LogP contribution in [0.25, 0.3) is 0 Å². The van der Waals surface area contributed by atoms with Gasteiger partial charge in [-0.3, -0.25) is 9.59 Å². The Bertz CT molecular complexity index is 1580. The summed E-state index contributed by atoms with van der Waals surface area (Å²) in [6.45, 7) is 0. The van der Waals surface area contributed by atoms with E-state index < -0.39 is 19.1 Å². The minimum absolute atomic E-state index is 0.0367. The number of carbonyl (C=O) groups is 2. The van der Waals surface area contributed by atoms with Gasteiger partial charge in [0, 0.05) is 16.3 Å². The van der Waals surface area contributed by atoms with E-state index in [1.165, 1.54) is 0 Å². The van der Waals surface area contributed by atoms with Crippen molar-refractivity contribution in [2.75, 3.05) is 5.32 Å². The minimum atomic E-state index is -2.87. The molecule has 0 bridgehead atoms. The third-order valence-electron chi connectivity index (χ3n) is 6.52. The summed E-state index contributed by atoms with van der Waals surface area (Å²) < 4.78 is 0.241. The highest BCUT2D eigenvalue weighted by atomic mass is 35.5. The first kappa shape index (κ1) is 28.3. The van der Waals surface area contributed by atoms with Gasteiger partial charge in [-0.15, -0.1) is 0 Å². The highest BCUT2D eigenvalue weighted by Gasteiger charge is 2.52. The maximum atomic E-state index is 14.1. The van der Waals surface area contributed by atoms with E-state index in [0.29, 0.717) is 16.3 Å². The molecule has 2 N–H and O–H groups in total. The third-order valence-corrected chi connectivity index (χ3v) is 11.7. The molecular formula is C34H26Cl2N2O2P+. The number of nitrogens with one attached hydrogen (secondary N) is 2. The van der Waals surface area contributed by atoms with Crippen molar-refractivity contribution in [2.24, 2.45) is 0 Å². The molecule has 0 spiro atoms. The Balaban J connectivity index is 1.79. The van der Waals surface area contributed by atoms with Crippen molar-refractivity contribution in [1.82, 2.24) is 5.32 Å². The molecule has 5 aromatic rings. The van der Waals surface area contributed by atoms with Crippen LogP contribution >= 0.6 is 30.5 Å². The normalized spacial score (nSPS) is 11.8. The number of amides is 2. The van der Waals surface area contributed by atoms with Crippen LogP contribution in [0.15, 0.2) is 156 Å². The van der Waals surface area contributed by atoms with Crippen molar-refractivity contribution >= 4 is 63.9 Å². The summed E-state index contributed by atoms with van der Waals surface area (Å²) in [4.78, 5) is 27.6. The summed E-state index contributed by atoms with van der Waals surface area (Å²) in [6, 6.07) is 45.2. The Hall–Kier alpha value is -4.21. The molecule has 0 unspecified atom stereocenters. The van der Waals surface area contributed by atoms with Crippen molar-refractivity contribution in [3.63, 3.8) is 0 Å². The predicted molar refractivity (Wildman–Crippen MR) is 172 cm³/mol. The van der Waals surface area contributed by atoms with Crippen LogP contribution in [0.2, 0.25) is 5.02 Å². The summed E-state index contributed by atoms with van der Waals surface area (Å²) in [7, 11) is -2.87. The van der Waals surface area contributed by atoms with Crippen LogP contribution < -0.4 is 26.5 Å². The second-order valence-electron chi connectivity index (χ2n) is 9.13. The molecule has 4 nitrogen and oxygen atoms in total. The number of hydrogen-bond acceptors (Lipinski definition) is 2. The van der Waals surface area contributed by atoms with E-state index in [-0.39, 0.29) is 10.5 Å². The van der Waals surface area contributed by atoms with Crippen LogP contribution in [0.3, 0.4) is 0 Å². The molecule has 202 valence electrons. The third kappa shape index (κ3) is 6.11. The number of benzene rings is 5. The number of rotatable bonds is 8. The SMILES string of the molecule is O=C(Nc1cccc(Cl)c1)/C(NC(=O)c1ccccc1)=C(/Cl)[P+](c1ccccc1)(c1ccccc1)c1ccccc1. The Labute approximate surface area is 250 Å². The zero-order valence-corrected chi connectivity index (χ0v) is 24.3. The molecule has 0 heterocycles. The zero-order chi connectivity index (χ0) is 28.7. The highest BCUT2D eigenvalue weighted by Crippen LogP contribution is 2.64. The summed E-state index contributed by atoms with van der Waals surface area (Å²) in [5.74, 6) is -1.01. The van der Waals surface area contributed by atoms with Gasteiger partial charge in [-0.05, 0) is 78.3 Å². The second-order valence-corrected chi connectivity index (χ2v) is 13.5. The predicted octanol–water partition coefficient (Wildman–Crippen LogP) is 7.11. The molecule has 0 aliphatic heterocycles. The van der Waals surface area contributed by atoms with Crippen molar-refractivity contribution in [2.45, 2.75) is 0 Å². The van der Waals surface area contributed by atoms with Crippen molar-refractivity contribution in [1.29, 1.82) is 0 Å². The van der Waals surface area contributed by atoms with Gasteiger partial charge in [-0.1, -0.05) is 90.5 Å². The molecule has 0 aromatic heterocycles. The quantitative estimate of drug-likeness (QED) is 0.148. The first-order valence-corrected chi connectivity index (χ1v) is 15.4. The monoisotopic (exact) mass is 595 g/mol. The molecular weight excluding hydrogens is 570 g/mol. The summed E-state index contributed by atoms with van der Waals surface area (Å²) in [5, 5.41) is 9.03. The average molecular weight is 596 g/mol. The van der Waals surface area contributed by atoms with Gasteiger partial charge >= 0.3 is 0 Å². The molecule has 0 saturated carbocycles. The van der Waals surface area contributed by atoms with Gasteiger partial charge < -0.3 is 10.6 Å². The van der Waals surface area contributed by atoms with E-state index in [1.54, 1.807) is 48.5 Å². The molecule has 7 heteroatoms. The highest BCUT2D eigenvalue weighted by molar-refractivity contribution is 8.00. The largest absolute Gasteiger partial charge is 0.321 e.